The molecule has 1 aliphatic rings. The van der Waals surface area contributed by atoms with Gasteiger partial charge in [-0.25, -0.2) is 13.6 Å². The van der Waals surface area contributed by atoms with Gasteiger partial charge in [-0.1, -0.05) is 17.7 Å². The first kappa shape index (κ1) is 18.1. The molecule has 6 nitrogen and oxygen atoms in total. The van der Waals surface area contributed by atoms with Crippen molar-refractivity contribution in [3.8, 4) is 0 Å². The van der Waals surface area contributed by atoms with Gasteiger partial charge < -0.3 is 15.5 Å². The van der Waals surface area contributed by atoms with Crippen molar-refractivity contribution >= 4 is 29.2 Å². The molecule has 0 radical (unpaired) electrons. The molecule has 2 heterocycles. The number of anilines is 1. The summed E-state index contributed by atoms with van der Waals surface area (Å²) in [6, 6.07) is 2.00. The second-order valence-corrected chi connectivity index (χ2v) is 6.30. The average Bonchev–Trinajstić information content (AvgIpc) is 2.56. The van der Waals surface area contributed by atoms with Crippen LogP contribution in [-0.2, 0) is 11.3 Å². The Labute approximate surface area is 153 Å². The van der Waals surface area contributed by atoms with E-state index < -0.39 is 29.6 Å². The number of nitrogens with one attached hydrogen (secondary N) is 2. The number of pyridine rings is 1. The van der Waals surface area contributed by atoms with E-state index in [4.69, 9.17) is 11.6 Å². The monoisotopic (exact) mass is 380 g/mol. The lowest BCUT2D eigenvalue weighted by atomic mass is 10.1. The molecule has 0 spiro atoms. The fourth-order valence-electron chi connectivity index (χ4n) is 2.71. The third-order valence-electron chi connectivity index (χ3n) is 4.02. The van der Waals surface area contributed by atoms with Gasteiger partial charge in [0.15, 0.2) is 0 Å². The highest BCUT2D eigenvalue weighted by Crippen LogP contribution is 2.28. The lowest BCUT2D eigenvalue weighted by Crippen LogP contribution is -2.45. The second kappa shape index (κ2) is 7.25. The maximum absolute atomic E-state index is 13.8. The molecule has 0 saturated carbocycles. The van der Waals surface area contributed by atoms with E-state index in [0.717, 1.165) is 12.1 Å². The predicted octanol–water partition coefficient (Wildman–Crippen LogP) is 3.24. The molecule has 2 aromatic rings. The molecule has 26 heavy (non-hydrogen) atoms. The number of halogens is 3. The topological polar surface area (TPSA) is 74.3 Å². The molecule has 0 saturated heterocycles. The maximum atomic E-state index is 13.8. The van der Waals surface area contributed by atoms with Crippen LogP contribution in [0.1, 0.15) is 24.1 Å². The number of hydrogen-bond acceptors (Lipinski definition) is 3. The number of hydrogen-bond donors (Lipinski definition) is 2. The minimum Gasteiger partial charge on any atom is -0.348 e. The van der Waals surface area contributed by atoms with Crippen LogP contribution in [-0.4, -0.2) is 28.4 Å². The number of fused-ring (bicyclic) bond motifs is 1. The number of benzene rings is 1. The van der Waals surface area contributed by atoms with E-state index in [0.29, 0.717) is 16.3 Å². The predicted molar refractivity (Wildman–Crippen MR) is 91.6 cm³/mol. The zero-order valence-electron chi connectivity index (χ0n) is 13.7. The fraction of sp³-hybridized carbons (Fsp3) is 0.235. The van der Waals surface area contributed by atoms with Crippen LogP contribution in [0.25, 0.3) is 0 Å². The molecule has 1 aromatic carbocycles. The van der Waals surface area contributed by atoms with Gasteiger partial charge in [-0.2, -0.15) is 0 Å². The molecule has 1 aromatic heterocycles. The molecule has 0 fully saturated rings. The summed E-state index contributed by atoms with van der Waals surface area (Å²) in [6.07, 6.45) is 2.94. The van der Waals surface area contributed by atoms with Crippen molar-refractivity contribution in [1.29, 1.82) is 0 Å². The zero-order chi connectivity index (χ0) is 18.8. The van der Waals surface area contributed by atoms with Crippen molar-refractivity contribution in [2.75, 3.05) is 11.9 Å². The van der Waals surface area contributed by atoms with Crippen LogP contribution in [0.3, 0.4) is 0 Å². The Balaban J connectivity index is 1.66. The summed E-state index contributed by atoms with van der Waals surface area (Å²) in [5, 5.41) is 5.59. The Kier molecular flexibility index (Phi) is 5.03. The van der Waals surface area contributed by atoms with E-state index in [1.807, 2.05) is 0 Å². The quantitative estimate of drug-likeness (QED) is 0.855. The molecule has 2 N–H and O–H groups in total. The molecular weight excluding hydrogens is 366 g/mol. The Morgan fingerprint density at radius 3 is 2.92 bits per heavy atom. The summed E-state index contributed by atoms with van der Waals surface area (Å²) in [5.74, 6) is -1.92. The van der Waals surface area contributed by atoms with Crippen LogP contribution in [0.15, 0.2) is 30.6 Å². The van der Waals surface area contributed by atoms with E-state index in [2.05, 4.69) is 15.6 Å². The van der Waals surface area contributed by atoms with Crippen molar-refractivity contribution in [2.24, 2.45) is 0 Å². The van der Waals surface area contributed by atoms with Gasteiger partial charge in [0.25, 0.3) is 0 Å². The number of carbonyl (C=O) groups excluding carboxylic acids is 2. The third-order valence-corrected chi connectivity index (χ3v) is 4.35. The summed E-state index contributed by atoms with van der Waals surface area (Å²) < 4.78 is 26.8. The van der Waals surface area contributed by atoms with Gasteiger partial charge in [-0.15, -0.1) is 0 Å². The third kappa shape index (κ3) is 3.75. The van der Waals surface area contributed by atoms with Gasteiger partial charge in [0, 0.05) is 23.4 Å². The molecular formula is C17H15ClF2N4O2. The van der Waals surface area contributed by atoms with Crippen LogP contribution in [0, 0.1) is 11.6 Å². The summed E-state index contributed by atoms with van der Waals surface area (Å²) >= 11 is 6.07. The molecule has 3 rings (SSSR count). The summed E-state index contributed by atoms with van der Waals surface area (Å²) in [7, 11) is 0. The van der Waals surface area contributed by atoms with Crippen molar-refractivity contribution in [3.05, 3.63) is 58.4 Å². The first-order chi connectivity index (χ1) is 12.3. The van der Waals surface area contributed by atoms with E-state index in [1.165, 1.54) is 23.4 Å². The summed E-state index contributed by atoms with van der Waals surface area (Å²) in [6.45, 7) is 1.48. The lowest BCUT2D eigenvalue weighted by Gasteiger charge is -2.29. The highest BCUT2D eigenvalue weighted by Gasteiger charge is 2.26. The Morgan fingerprint density at radius 1 is 1.42 bits per heavy atom. The van der Waals surface area contributed by atoms with Crippen LogP contribution < -0.4 is 10.6 Å². The van der Waals surface area contributed by atoms with E-state index in [9.17, 15) is 18.4 Å². The fourth-order valence-corrected chi connectivity index (χ4v) is 2.92. The van der Waals surface area contributed by atoms with Gasteiger partial charge in [0.1, 0.15) is 18.2 Å². The van der Waals surface area contributed by atoms with E-state index in [-0.39, 0.29) is 18.7 Å². The largest absolute Gasteiger partial charge is 0.348 e. The first-order valence-corrected chi connectivity index (χ1v) is 8.15. The number of aromatic nitrogens is 1. The molecule has 1 aliphatic heterocycles. The molecule has 0 aliphatic carbocycles. The molecule has 0 bridgehead atoms. The average molecular weight is 381 g/mol. The SMILES string of the molecule is C[C@H](NC(=O)CN1Cc2c(Cl)cncc2NC1=O)c1ccc(F)cc1F. The van der Waals surface area contributed by atoms with Crippen LogP contribution in [0.2, 0.25) is 5.02 Å². The molecule has 1 atom stereocenters. The molecule has 3 amide bonds. The number of amides is 3. The van der Waals surface area contributed by atoms with Crippen molar-refractivity contribution in [1.82, 2.24) is 15.2 Å². The minimum absolute atomic E-state index is 0.148. The van der Waals surface area contributed by atoms with E-state index in [1.54, 1.807) is 6.92 Å². The second-order valence-electron chi connectivity index (χ2n) is 5.89. The highest BCUT2D eigenvalue weighted by molar-refractivity contribution is 6.31. The summed E-state index contributed by atoms with van der Waals surface area (Å²) in [5.41, 5.74) is 1.31. The number of nitrogens with zero attached hydrogens (tertiary/aromatic N) is 2. The van der Waals surface area contributed by atoms with Crippen LogP contribution in [0.5, 0.6) is 0 Å². The number of rotatable bonds is 4. The first-order valence-electron chi connectivity index (χ1n) is 7.77. The molecule has 0 unspecified atom stereocenters. The van der Waals surface area contributed by atoms with Crippen molar-refractivity contribution in [2.45, 2.75) is 19.5 Å². The number of carbonyl (C=O) groups is 2. The van der Waals surface area contributed by atoms with E-state index >= 15 is 0 Å². The van der Waals surface area contributed by atoms with Gasteiger partial charge in [-0.3, -0.25) is 9.78 Å². The van der Waals surface area contributed by atoms with Crippen molar-refractivity contribution in [3.63, 3.8) is 0 Å². The van der Waals surface area contributed by atoms with Gasteiger partial charge >= 0.3 is 6.03 Å². The smallest absolute Gasteiger partial charge is 0.322 e. The van der Waals surface area contributed by atoms with Crippen LogP contribution >= 0.6 is 11.6 Å². The Bertz CT molecular complexity index is 878. The summed E-state index contributed by atoms with van der Waals surface area (Å²) in [4.78, 5) is 29.5. The van der Waals surface area contributed by atoms with Crippen LogP contribution in [0.4, 0.5) is 19.3 Å². The molecule has 136 valence electrons. The van der Waals surface area contributed by atoms with Crippen molar-refractivity contribution < 1.29 is 18.4 Å². The standard InChI is InChI=1S/C17H15ClF2N4O2/c1-9(11-3-2-10(19)4-14(11)20)22-16(25)8-24-7-12-13(18)5-21-6-15(12)23-17(24)26/h2-6,9H,7-8H2,1H3,(H,22,25)(H,23,26)/t9-/m0/s1. The lowest BCUT2D eigenvalue weighted by molar-refractivity contribution is -0.122. The van der Waals surface area contributed by atoms with Gasteiger partial charge in [0.2, 0.25) is 5.91 Å². The number of urea groups is 1. The minimum atomic E-state index is -0.748. The molecule has 9 heteroatoms. The van der Waals surface area contributed by atoms with Gasteiger partial charge in [-0.05, 0) is 13.0 Å². The Morgan fingerprint density at radius 2 is 2.19 bits per heavy atom. The zero-order valence-corrected chi connectivity index (χ0v) is 14.5. The maximum Gasteiger partial charge on any atom is 0.322 e. The van der Waals surface area contributed by atoms with Gasteiger partial charge in [0.05, 0.1) is 29.5 Å². The Hall–Kier alpha value is -2.74. The highest BCUT2D eigenvalue weighted by atomic mass is 35.5. The normalized spacial score (nSPS) is 14.5.